The summed E-state index contributed by atoms with van der Waals surface area (Å²) in [7, 11) is 0. The van der Waals surface area contributed by atoms with Crippen molar-refractivity contribution in [2.75, 3.05) is 18.1 Å². The average molecular weight is 478 g/mol. The Kier molecular flexibility index (Phi) is 4.76. The lowest BCUT2D eigenvalue weighted by Crippen LogP contribution is -2.24. The molecule has 6 rings (SSSR count). The highest BCUT2D eigenvalue weighted by Gasteiger charge is 2.58. The molecule has 1 aliphatic heterocycles. The molecule has 0 spiro atoms. The van der Waals surface area contributed by atoms with Gasteiger partial charge in [-0.2, -0.15) is 4.98 Å². The van der Waals surface area contributed by atoms with Gasteiger partial charge >= 0.3 is 0 Å². The molecule has 3 aromatic heterocycles. The van der Waals surface area contributed by atoms with Crippen LogP contribution in [0.3, 0.4) is 0 Å². The van der Waals surface area contributed by atoms with Crippen LogP contribution in [0, 0.1) is 30.0 Å². The lowest BCUT2D eigenvalue weighted by atomic mass is 10.00. The molecule has 2 aliphatic rings. The fraction of sp³-hybridized carbons (Fsp3) is 0.360. The molecular formula is C25H21F3N6O. The van der Waals surface area contributed by atoms with Crippen LogP contribution in [0.1, 0.15) is 36.8 Å². The van der Waals surface area contributed by atoms with E-state index in [2.05, 4.69) is 27.0 Å². The number of anilines is 2. The highest BCUT2D eigenvalue weighted by atomic mass is 19.3. The van der Waals surface area contributed by atoms with E-state index in [0.717, 1.165) is 18.1 Å². The molecular weight excluding hydrogens is 457 g/mol. The summed E-state index contributed by atoms with van der Waals surface area (Å²) in [5.74, 6) is 3.94. The van der Waals surface area contributed by atoms with Gasteiger partial charge in [0, 0.05) is 30.6 Å². The van der Waals surface area contributed by atoms with E-state index in [1.165, 1.54) is 12.1 Å². The molecule has 7 nitrogen and oxygen atoms in total. The molecule has 4 heterocycles. The summed E-state index contributed by atoms with van der Waals surface area (Å²) in [5.41, 5.74) is 1.22. The van der Waals surface area contributed by atoms with Crippen LogP contribution >= 0.6 is 0 Å². The second-order valence-corrected chi connectivity index (χ2v) is 9.06. The van der Waals surface area contributed by atoms with Gasteiger partial charge in [-0.25, -0.2) is 18.2 Å². The van der Waals surface area contributed by atoms with Gasteiger partial charge in [0.25, 0.3) is 11.7 Å². The minimum atomic E-state index is -2.88. The summed E-state index contributed by atoms with van der Waals surface area (Å²) in [6, 6.07) is 6.31. The summed E-state index contributed by atoms with van der Waals surface area (Å²) in [4.78, 5) is 11.0. The van der Waals surface area contributed by atoms with E-state index in [1.54, 1.807) is 16.7 Å². The zero-order valence-corrected chi connectivity index (χ0v) is 19.1. The number of halogens is 3. The smallest absolute Gasteiger partial charge is 0.261 e. The fourth-order valence-electron chi connectivity index (χ4n) is 4.58. The zero-order valence-electron chi connectivity index (χ0n) is 19.1. The summed E-state index contributed by atoms with van der Waals surface area (Å²) >= 11 is 0. The maximum Gasteiger partial charge on any atom is 0.261 e. The number of hydrogen-bond acceptors (Lipinski definition) is 6. The Morgan fingerprint density at radius 2 is 2.00 bits per heavy atom. The van der Waals surface area contributed by atoms with E-state index in [1.807, 2.05) is 17.9 Å². The number of nitrogens with zero attached hydrogens (tertiary/aromatic N) is 6. The van der Waals surface area contributed by atoms with Gasteiger partial charge in [-0.1, -0.05) is 5.92 Å². The monoisotopic (exact) mass is 478 g/mol. The van der Waals surface area contributed by atoms with Crippen molar-refractivity contribution in [1.29, 1.82) is 0 Å². The Hall–Kier alpha value is -3.71. The first-order chi connectivity index (χ1) is 16.8. The van der Waals surface area contributed by atoms with E-state index in [0.29, 0.717) is 60.1 Å². The molecule has 0 N–H and O–H groups in total. The lowest BCUT2D eigenvalue weighted by molar-refractivity contribution is -0.0294. The lowest BCUT2D eigenvalue weighted by Gasteiger charge is -2.25. The predicted molar refractivity (Wildman–Crippen MR) is 123 cm³/mol. The molecule has 4 aromatic rings. The van der Waals surface area contributed by atoms with E-state index in [4.69, 9.17) is 9.72 Å². The first kappa shape index (κ1) is 21.8. The molecule has 1 fully saturated rings. The van der Waals surface area contributed by atoms with Gasteiger partial charge in [0.2, 0.25) is 0 Å². The molecule has 1 aromatic carbocycles. The van der Waals surface area contributed by atoms with Gasteiger partial charge in [-0.3, -0.25) is 4.40 Å². The highest BCUT2D eigenvalue weighted by Crippen LogP contribution is 2.56. The summed E-state index contributed by atoms with van der Waals surface area (Å²) in [6.07, 6.45) is 2.31. The van der Waals surface area contributed by atoms with Crippen molar-refractivity contribution >= 4 is 28.2 Å². The van der Waals surface area contributed by atoms with Gasteiger partial charge in [0.15, 0.2) is 0 Å². The topological polar surface area (TPSA) is 68.4 Å². The number of benzene rings is 1. The molecule has 0 atom stereocenters. The van der Waals surface area contributed by atoms with Crippen LogP contribution in [-0.4, -0.2) is 43.6 Å². The number of fused-ring (bicyclic) bond motifs is 4. The standard InChI is InChI=1S/C25H21F3N6O/c1-15-31-32-23-30-22(17-13-16(26)3-4-21(17)34(15)23)33-11-12-35-14-18-19(29-10-6-20(18)33)5-7-25(8-9-25)24(2,27)28/h3-4,6,10,13H,8-9,11-12,14H2,1-2H3. The largest absolute Gasteiger partial charge is 0.375 e. The van der Waals surface area contributed by atoms with E-state index >= 15 is 0 Å². The number of hydrogen-bond donors (Lipinski definition) is 0. The first-order valence-electron chi connectivity index (χ1n) is 11.3. The second kappa shape index (κ2) is 7.65. The normalized spacial score (nSPS) is 17.1. The van der Waals surface area contributed by atoms with Crippen LogP contribution in [0.5, 0.6) is 0 Å². The molecule has 1 saturated carbocycles. The highest BCUT2D eigenvalue weighted by molar-refractivity contribution is 5.94. The molecule has 35 heavy (non-hydrogen) atoms. The average Bonchev–Trinajstić information content (AvgIpc) is 3.58. The Labute approximate surface area is 199 Å². The molecule has 1 aliphatic carbocycles. The number of ether oxygens (including phenoxy) is 1. The summed E-state index contributed by atoms with van der Waals surface area (Å²) in [5, 5.41) is 8.89. The molecule has 10 heteroatoms. The van der Waals surface area contributed by atoms with Crippen molar-refractivity contribution in [3.8, 4) is 11.8 Å². The van der Waals surface area contributed by atoms with Crippen LogP contribution < -0.4 is 4.90 Å². The number of alkyl halides is 2. The molecule has 0 unspecified atom stereocenters. The third-order valence-electron chi connectivity index (χ3n) is 6.75. The molecule has 0 amide bonds. The van der Waals surface area contributed by atoms with Crippen molar-refractivity contribution in [3.63, 3.8) is 0 Å². The van der Waals surface area contributed by atoms with E-state index in [-0.39, 0.29) is 6.61 Å². The SMILES string of the molecule is Cc1nnc2nc(N3CCOCc4c3ccnc4C#CC3(C(C)(F)F)CC3)c3cc(F)ccc3n12. The fourth-order valence-corrected chi connectivity index (χ4v) is 4.58. The van der Waals surface area contributed by atoms with Crippen molar-refractivity contribution < 1.29 is 17.9 Å². The number of rotatable bonds is 2. The van der Waals surface area contributed by atoms with Crippen molar-refractivity contribution in [2.45, 2.75) is 39.2 Å². The van der Waals surface area contributed by atoms with Crippen LogP contribution in [0.2, 0.25) is 0 Å². The third-order valence-corrected chi connectivity index (χ3v) is 6.75. The molecule has 0 radical (unpaired) electrons. The Bertz CT molecular complexity index is 1540. The molecule has 0 saturated heterocycles. The second-order valence-electron chi connectivity index (χ2n) is 9.06. The van der Waals surface area contributed by atoms with Crippen molar-refractivity contribution in [3.05, 3.63) is 53.4 Å². The quantitative estimate of drug-likeness (QED) is 0.393. The van der Waals surface area contributed by atoms with E-state index < -0.39 is 17.2 Å². The minimum Gasteiger partial charge on any atom is -0.375 e. The van der Waals surface area contributed by atoms with Crippen LogP contribution in [0.25, 0.3) is 16.7 Å². The van der Waals surface area contributed by atoms with Gasteiger partial charge in [0.05, 0.1) is 29.8 Å². The Balaban J connectivity index is 1.53. The maximum atomic E-state index is 14.4. The Morgan fingerprint density at radius 3 is 2.77 bits per heavy atom. The van der Waals surface area contributed by atoms with Crippen LogP contribution in [-0.2, 0) is 11.3 Å². The number of pyridine rings is 1. The maximum absolute atomic E-state index is 14.4. The van der Waals surface area contributed by atoms with Gasteiger partial charge < -0.3 is 9.64 Å². The first-order valence-corrected chi connectivity index (χ1v) is 11.3. The van der Waals surface area contributed by atoms with Crippen LogP contribution in [0.4, 0.5) is 24.7 Å². The van der Waals surface area contributed by atoms with Gasteiger partial charge in [-0.05, 0) is 50.0 Å². The predicted octanol–water partition coefficient (Wildman–Crippen LogP) is 4.58. The summed E-state index contributed by atoms with van der Waals surface area (Å²) < 4.78 is 50.1. The van der Waals surface area contributed by atoms with Crippen molar-refractivity contribution in [2.24, 2.45) is 5.41 Å². The van der Waals surface area contributed by atoms with Gasteiger partial charge in [0.1, 0.15) is 23.2 Å². The molecule has 0 bridgehead atoms. The minimum absolute atomic E-state index is 0.220. The third kappa shape index (κ3) is 3.49. The molecule has 178 valence electrons. The summed E-state index contributed by atoms with van der Waals surface area (Å²) in [6.45, 7) is 3.74. The van der Waals surface area contributed by atoms with Crippen molar-refractivity contribution in [1.82, 2.24) is 24.6 Å². The number of aryl methyl sites for hydroxylation is 1. The Morgan fingerprint density at radius 1 is 1.17 bits per heavy atom. The van der Waals surface area contributed by atoms with Crippen LogP contribution in [0.15, 0.2) is 30.5 Å². The zero-order chi connectivity index (χ0) is 24.4. The number of aromatic nitrogens is 5. The van der Waals surface area contributed by atoms with Gasteiger partial charge in [-0.15, -0.1) is 10.2 Å². The van der Waals surface area contributed by atoms with E-state index in [9.17, 15) is 13.2 Å².